The van der Waals surface area contributed by atoms with E-state index in [1.165, 1.54) is 47.2 Å². The van der Waals surface area contributed by atoms with Crippen molar-refractivity contribution >= 4 is 21.5 Å². The standard InChI is InChI=1S/C20H20.C5H6O/c1-2-14-7-5-9-18-17(14)12-13-19-16-8-4-3-6-15(16)10-11-20(18)19;1-2-4-6-5-3-1/h3-4,6,8,10-14H,2,5,7,9H2,1H3;1-4H,5H2. The van der Waals surface area contributed by atoms with E-state index in [-0.39, 0.29) is 0 Å². The quantitative estimate of drug-likeness (QED) is 0.437. The van der Waals surface area contributed by atoms with Gasteiger partial charge in [-0.2, -0.15) is 0 Å². The van der Waals surface area contributed by atoms with E-state index < -0.39 is 0 Å². The first-order valence-electron chi connectivity index (χ1n) is 9.75. The Morgan fingerprint density at radius 2 is 1.81 bits per heavy atom. The van der Waals surface area contributed by atoms with Crippen molar-refractivity contribution in [3.05, 3.63) is 84.1 Å². The number of ether oxygens (including phenoxy) is 1. The van der Waals surface area contributed by atoms with Gasteiger partial charge >= 0.3 is 0 Å². The first-order valence-corrected chi connectivity index (χ1v) is 9.75. The average molecular weight is 342 g/mol. The van der Waals surface area contributed by atoms with Crippen LogP contribution in [0.25, 0.3) is 21.5 Å². The van der Waals surface area contributed by atoms with Gasteiger partial charge in [0.05, 0.1) is 6.26 Å². The fourth-order valence-corrected chi connectivity index (χ4v) is 4.28. The van der Waals surface area contributed by atoms with Gasteiger partial charge in [-0.15, -0.1) is 0 Å². The van der Waals surface area contributed by atoms with Crippen LogP contribution in [0.5, 0.6) is 0 Å². The van der Waals surface area contributed by atoms with Crippen molar-refractivity contribution in [2.45, 2.75) is 38.5 Å². The molecular formula is C25H26O. The second-order valence-electron chi connectivity index (χ2n) is 7.10. The summed E-state index contributed by atoms with van der Waals surface area (Å²) >= 11 is 0. The minimum atomic E-state index is 0.733. The van der Waals surface area contributed by atoms with Crippen molar-refractivity contribution in [1.82, 2.24) is 0 Å². The van der Waals surface area contributed by atoms with Crippen LogP contribution in [-0.4, -0.2) is 6.61 Å². The summed E-state index contributed by atoms with van der Waals surface area (Å²) < 4.78 is 4.80. The molecular weight excluding hydrogens is 316 g/mol. The second kappa shape index (κ2) is 7.78. The Labute approximate surface area is 156 Å². The Kier molecular flexibility index (Phi) is 5.06. The smallest absolute Gasteiger partial charge is 0.106 e. The van der Waals surface area contributed by atoms with Crippen LogP contribution in [0.4, 0.5) is 0 Å². The molecule has 1 aliphatic carbocycles. The lowest BCUT2D eigenvalue weighted by atomic mass is 9.79. The van der Waals surface area contributed by atoms with Gasteiger partial charge in [-0.25, -0.2) is 0 Å². The molecule has 0 radical (unpaired) electrons. The Morgan fingerprint density at radius 3 is 2.54 bits per heavy atom. The summed E-state index contributed by atoms with van der Waals surface area (Å²) in [7, 11) is 0. The monoisotopic (exact) mass is 342 g/mol. The Bertz CT molecular complexity index is 952. The lowest BCUT2D eigenvalue weighted by molar-refractivity contribution is 0.286. The van der Waals surface area contributed by atoms with E-state index in [1.807, 2.05) is 18.2 Å². The molecule has 5 rings (SSSR count). The molecule has 0 aromatic heterocycles. The van der Waals surface area contributed by atoms with Gasteiger partial charge in [-0.05, 0) is 76.4 Å². The van der Waals surface area contributed by atoms with Gasteiger partial charge in [-0.1, -0.05) is 61.5 Å². The van der Waals surface area contributed by atoms with Crippen LogP contribution in [0.15, 0.2) is 73.0 Å². The Morgan fingerprint density at radius 1 is 0.923 bits per heavy atom. The number of allylic oxidation sites excluding steroid dienone is 2. The minimum absolute atomic E-state index is 0.733. The van der Waals surface area contributed by atoms with Gasteiger partial charge < -0.3 is 4.74 Å². The molecule has 132 valence electrons. The van der Waals surface area contributed by atoms with Gasteiger partial charge in [0.1, 0.15) is 6.61 Å². The van der Waals surface area contributed by atoms with E-state index in [4.69, 9.17) is 4.74 Å². The van der Waals surface area contributed by atoms with Crippen LogP contribution in [0, 0.1) is 0 Å². The zero-order chi connectivity index (χ0) is 17.8. The summed E-state index contributed by atoms with van der Waals surface area (Å²) in [6.07, 6.45) is 12.7. The number of benzene rings is 3. The maximum atomic E-state index is 4.80. The first-order chi connectivity index (χ1) is 12.9. The van der Waals surface area contributed by atoms with Gasteiger partial charge in [0, 0.05) is 0 Å². The molecule has 1 heterocycles. The van der Waals surface area contributed by atoms with Gasteiger partial charge in [0.2, 0.25) is 0 Å². The summed E-state index contributed by atoms with van der Waals surface area (Å²) in [5, 5.41) is 5.66. The second-order valence-corrected chi connectivity index (χ2v) is 7.10. The van der Waals surface area contributed by atoms with E-state index in [2.05, 4.69) is 55.5 Å². The molecule has 1 unspecified atom stereocenters. The SMILES string of the molecule is C1=CCOC=C1.CCC1CCCc2c1ccc1c2ccc2ccccc21. The molecule has 26 heavy (non-hydrogen) atoms. The normalized spacial score (nSPS) is 18.1. The van der Waals surface area contributed by atoms with Crippen molar-refractivity contribution in [1.29, 1.82) is 0 Å². The predicted octanol–water partition coefficient (Wildman–Crippen LogP) is 6.91. The summed E-state index contributed by atoms with van der Waals surface area (Å²) in [5.74, 6) is 0.773. The average Bonchev–Trinajstić information content (AvgIpc) is 2.74. The number of rotatable bonds is 1. The summed E-state index contributed by atoms with van der Waals surface area (Å²) in [6.45, 7) is 3.06. The van der Waals surface area contributed by atoms with E-state index >= 15 is 0 Å². The molecule has 0 bridgehead atoms. The van der Waals surface area contributed by atoms with Crippen LogP contribution in [0.2, 0.25) is 0 Å². The van der Waals surface area contributed by atoms with Crippen LogP contribution >= 0.6 is 0 Å². The molecule has 3 aromatic rings. The highest BCUT2D eigenvalue weighted by Gasteiger charge is 2.20. The molecule has 0 spiro atoms. The van der Waals surface area contributed by atoms with Crippen LogP contribution in [0.3, 0.4) is 0 Å². The van der Waals surface area contributed by atoms with E-state index in [9.17, 15) is 0 Å². The Hall–Kier alpha value is -2.54. The van der Waals surface area contributed by atoms with Crippen molar-refractivity contribution in [2.24, 2.45) is 0 Å². The van der Waals surface area contributed by atoms with E-state index in [1.54, 1.807) is 17.4 Å². The third kappa shape index (κ3) is 3.26. The number of hydrogen-bond donors (Lipinski definition) is 0. The van der Waals surface area contributed by atoms with Gasteiger partial charge in [-0.3, -0.25) is 0 Å². The molecule has 0 amide bonds. The van der Waals surface area contributed by atoms with Gasteiger partial charge in [0.25, 0.3) is 0 Å². The minimum Gasteiger partial charge on any atom is -0.497 e. The molecule has 3 aromatic carbocycles. The van der Waals surface area contributed by atoms with Gasteiger partial charge in [0.15, 0.2) is 0 Å². The van der Waals surface area contributed by atoms with Crippen molar-refractivity contribution in [2.75, 3.05) is 6.61 Å². The number of aryl methyl sites for hydroxylation is 1. The molecule has 0 N–H and O–H groups in total. The maximum absolute atomic E-state index is 4.80. The van der Waals surface area contributed by atoms with Crippen LogP contribution in [0.1, 0.15) is 43.2 Å². The lowest BCUT2D eigenvalue weighted by Crippen LogP contribution is -2.09. The van der Waals surface area contributed by atoms with E-state index in [0.29, 0.717) is 0 Å². The molecule has 0 saturated heterocycles. The molecule has 1 nitrogen and oxygen atoms in total. The third-order valence-electron chi connectivity index (χ3n) is 5.60. The maximum Gasteiger partial charge on any atom is 0.106 e. The molecule has 0 fully saturated rings. The van der Waals surface area contributed by atoms with Crippen molar-refractivity contribution in [3.63, 3.8) is 0 Å². The van der Waals surface area contributed by atoms with E-state index in [0.717, 1.165) is 12.5 Å². The highest BCUT2D eigenvalue weighted by molar-refractivity contribution is 6.08. The molecule has 1 atom stereocenters. The molecule has 1 heteroatoms. The number of fused-ring (bicyclic) bond motifs is 5. The van der Waals surface area contributed by atoms with Crippen molar-refractivity contribution < 1.29 is 4.74 Å². The van der Waals surface area contributed by atoms with Crippen LogP contribution < -0.4 is 0 Å². The molecule has 1 aliphatic heterocycles. The Balaban J connectivity index is 0.000000240. The summed E-state index contributed by atoms with van der Waals surface area (Å²) in [4.78, 5) is 0. The zero-order valence-corrected chi connectivity index (χ0v) is 15.4. The number of hydrogen-bond acceptors (Lipinski definition) is 1. The molecule has 0 saturated carbocycles. The summed E-state index contributed by atoms with van der Waals surface area (Å²) in [5.41, 5.74) is 3.23. The predicted molar refractivity (Wildman–Crippen MR) is 112 cm³/mol. The first kappa shape index (κ1) is 16.9. The largest absolute Gasteiger partial charge is 0.497 e. The lowest BCUT2D eigenvalue weighted by Gasteiger charge is -2.26. The fraction of sp³-hybridized carbons (Fsp3) is 0.280. The fourth-order valence-electron chi connectivity index (χ4n) is 4.28. The summed E-state index contributed by atoms with van der Waals surface area (Å²) in [6, 6.07) is 18.1. The molecule has 2 aliphatic rings. The van der Waals surface area contributed by atoms with Crippen LogP contribution in [-0.2, 0) is 11.2 Å². The highest BCUT2D eigenvalue weighted by atomic mass is 16.5. The highest BCUT2D eigenvalue weighted by Crippen LogP contribution is 2.39. The topological polar surface area (TPSA) is 9.23 Å². The van der Waals surface area contributed by atoms with Crippen molar-refractivity contribution in [3.8, 4) is 0 Å². The third-order valence-corrected chi connectivity index (χ3v) is 5.60. The zero-order valence-electron chi connectivity index (χ0n) is 15.4.